The first-order valence-electron chi connectivity index (χ1n) is 7.31. The fraction of sp³-hybridized carbons (Fsp3) is 0.375. The van der Waals surface area contributed by atoms with Gasteiger partial charge in [-0.1, -0.05) is 12.1 Å². The Morgan fingerprint density at radius 3 is 2.71 bits per heavy atom. The Labute approximate surface area is 121 Å². The van der Waals surface area contributed by atoms with Crippen molar-refractivity contribution >= 4 is 5.82 Å². The van der Waals surface area contributed by atoms with Gasteiger partial charge in [0.15, 0.2) is 5.82 Å². The SMILES string of the molecule is O=c1c(N[C@@H]2C[C@H]2c2ccc(F)cc2)nccn1C1CC1. The second-order valence-electron chi connectivity index (χ2n) is 5.86. The largest absolute Gasteiger partial charge is 0.362 e. The number of halogens is 1. The molecule has 0 bridgehead atoms. The van der Waals surface area contributed by atoms with Crippen LogP contribution in [0.15, 0.2) is 41.5 Å². The van der Waals surface area contributed by atoms with Crippen LogP contribution in [-0.4, -0.2) is 15.6 Å². The van der Waals surface area contributed by atoms with Gasteiger partial charge in [0.25, 0.3) is 5.56 Å². The Morgan fingerprint density at radius 1 is 1.24 bits per heavy atom. The maximum atomic E-state index is 12.9. The summed E-state index contributed by atoms with van der Waals surface area (Å²) in [6.07, 6.45) is 6.54. The molecule has 0 radical (unpaired) electrons. The van der Waals surface area contributed by atoms with Crippen LogP contribution in [0.25, 0.3) is 0 Å². The fourth-order valence-electron chi connectivity index (χ4n) is 2.77. The molecule has 2 aliphatic carbocycles. The van der Waals surface area contributed by atoms with E-state index in [1.54, 1.807) is 17.0 Å². The molecule has 1 heterocycles. The van der Waals surface area contributed by atoms with Gasteiger partial charge in [0.2, 0.25) is 0 Å². The normalized spacial score (nSPS) is 23.9. The maximum absolute atomic E-state index is 12.9. The Morgan fingerprint density at radius 2 is 2.00 bits per heavy atom. The smallest absolute Gasteiger partial charge is 0.293 e. The molecule has 5 heteroatoms. The molecule has 2 aromatic rings. The van der Waals surface area contributed by atoms with E-state index >= 15 is 0 Å². The van der Waals surface area contributed by atoms with Crippen molar-refractivity contribution in [2.75, 3.05) is 5.32 Å². The number of nitrogens with zero attached hydrogens (tertiary/aromatic N) is 2. The first-order valence-corrected chi connectivity index (χ1v) is 7.31. The summed E-state index contributed by atoms with van der Waals surface area (Å²) >= 11 is 0. The molecule has 2 atom stereocenters. The molecule has 0 saturated heterocycles. The Balaban J connectivity index is 1.49. The highest BCUT2D eigenvalue weighted by Crippen LogP contribution is 2.42. The molecule has 0 unspecified atom stereocenters. The number of aromatic nitrogens is 2. The van der Waals surface area contributed by atoms with Gasteiger partial charge >= 0.3 is 0 Å². The average molecular weight is 285 g/mol. The van der Waals surface area contributed by atoms with E-state index < -0.39 is 0 Å². The van der Waals surface area contributed by atoms with Crippen LogP contribution in [0, 0.1) is 5.82 Å². The lowest BCUT2D eigenvalue weighted by molar-refractivity contribution is 0.627. The summed E-state index contributed by atoms with van der Waals surface area (Å²) < 4.78 is 14.7. The van der Waals surface area contributed by atoms with Gasteiger partial charge < -0.3 is 9.88 Å². The van der Waals surface area contributed by atoms with Crippen LogP contribution < -0.4 is 10.9 Å². The van der Waals surface area contributed by atoms with Gasteiger partial charge in [0, 0.05) is 30.4 Å². The van der Waals surface area contributed by atoms with Gasteiger partial charge in [0.05, 0.1) is 0 Å². The van der Waals surface area contributed by atoms with Crippen molar-refractivity contribution in [1.29, 1.82) is 0 Å². The standard InChI is InChI=1S/C16H16FN3O/c17-11-3-1-10(2-4-11)13-9-14(13)19-15-16(21)20(8-7-18-15)12-5-6-12/h1-4,7-8,12-14H,5-6,9H2,(H,18,19)/t13-,14+/m0/s1. The number of hydrogen-bond donors (Lipinski definition) is 1. The molecular weight excluding hydrogens is 269 g/mol. The lowest BCUT2D eigenvalue weighted by Gasteiger charge is -2.08. The molecule has 0 aliphatic heterocycles. The number of nitrogens with one attached hydrogen (secondary N) is 1. The quantitative estimate of drug-likeness (QED) is 0.939. The van der Waals surface area contributed by atoms with Crippen LogP contribution in [0.5, 0.6) is 0 Å². The molecule has 0 spiro atoms. The topological polar surface area (TPSA) is 46.9 Å². The minimum atomic E-state index is -0.221. The molecular formula is C16H16FN3O. The van der Waals surface area contributed by atoms with Crippen LogP contribution in [-0.2, 0) is 0 Å². The van der Waals surface area contributed by atoms with Crippen molar-refractivity contribution < 1.29 is 4.39 Å². The fourth-order valence-corrected chi connectivity index (χ4v) is 2.77. The zero-order valence-corrected chi connectivity index (χ0v) is 11.5. The number of anilines is 1. The summed E-state index contributed by atoms with van der Waals surface area (Å²) in [5.41, 5.74) is 1.07. The van der Waals surface area contributed by atoms with E-state index in [0.717, 1.165) is 24.8 Å². The highest BCUT2D eigenvalue weighted by molar-refractivity contribution is 5.40. The van der Waals surface area contributed by atoms with Gasteiger partial charge in [-0.15, -0.1) is 0 Å². The van der Waals surface area contributed by atoms with Crippen molar-refractivity contribution in [1.82, 2.24) is 9.55 Å². The lowest BCUT2D eigenvalue weighted by Crippen LogP contribution is -2.24. The summed E-state index contributed by atoms with van der Waals surface area (Å²) in [5, 5.41) is 3.23. The van der Waals surface area contributed by atoms with Crippen LogP contribution in [0.4, 0.5) is 10.2 Å². The Kier molecular flexibility index (Phi) is 2.80. The summed E-state index contributed by atoms with van der Waals surface area (Å²) in [6.45, 7) is 0. The van der Waals surface area contributed by atoms with E-state index in [0.29, 0.717) is 17.8 Å². The van der Waals surface area contributed by atoms with E-state index in [9.17, 15) is 9.18 Å². The van der Waals surface area contributed by atoms with Gasteiger partial charge in [-0.3, -0.25) is 4.79 Å². The van der Waals surface area contributed by atoms with E-state index in [1.807, 2.05) is 12.1 Å². The van der Waals surface area contributed by atoms with E-state index in [2.05, 4.69) is 10.3 Å². The van der Waals surface area contributed by atoms with Crippen LogP contribution >= 0.6 is 0 Å². The zero-order valence-electron chi connectivity index (χ0n) is 11.5. The van der Waals surface area contributed by atoms with E-state index in [4.69, 9.17) is 0 Å². The van der Waals surface area contributed by atoms with E-state index in [-0.39, 0.29) is 17.4 Å². The monoisotopic (exact) mass is 285 g/mol. The van der Waals surface area contributed by atoms with Crippen molar-refractivity contribution in [2.45, 2.75) is 37.3 Å². The zero-order chi connectivity index (χ0) is 14.4. The van der Waals surface area contributed by atoms with Crippen molar-refractivity contribution in [2.24, 2.45) is 0 Å². The molecule has 2 fully saturated rings. The molecule has 108 valence electrons. The molecule has 1 aromatic carbocycles. The highest BCUT2D eigenvalue weighted by Gasteiger charge is 2.39. The molecule has 2 saturated carbocycles. The van der Waals surface area contributed by atoms with Crippen molar-refractivity contribution in [3.8, 4) is 0 Å². The second-order valence-corrected chi connectivity index (χ2v) is 5.86. The van der Waals surface area contributed by atoms with Crippen LogP contribution in [0.1, 0.15) is 36.8 Å². The number of hydrogen-bond acceptors (Lipinski definition) is 3. The Bertz CT molecular complexity index is 721. The van der Waals surface area contributed by atoms with Crippen LogP contribution in [0.2, 0.25) is 0 Å². The summed E-state index contributed by atoms with van der Waals surface area (Å²) in [5.74, 6) is 0.543. The maximum Gasteiger partial charge on any atom is 0.293 e. The summed E-state index contributed by atoms with van der Waals surface area (Å²) in [4.78, 5) is 16.5. The number of rotatable bonds is 4. The van der Waals surface area contributed by atoms with Gasteiger partial charge in [-0.25, -0.2) is 9.37 Å². The molecule has 21 heavy (non-hydrogen) atoms. The third-order valence-corrected chi connectivity index (χ3v) is 4.22. The predicted molar refractivity (Wildman–Crippen MR) is 77.9 cm³/mol. The summed E-state index contributed by atoms with van der Waals surface area (Å²) in [7, 11) is 0. The molecule has 4 nitrogen and oxygen atoms in total. The predicted octanol–water partition coefficient (Wildman–Crippen LogP) is 2.69. The summed E-state index contributed by atoms with van der Waals surface area (Å²) in [6, 6.07) is 7.14. The Hall–Kier alpha value is -2.17. The van der Waals surface area contributed by atoms with E-state index in [1.165, 1.54) is 12.1 Å². The van der Waals surface area contributed by atoms with Crippen LogP contribution in [0.3, 0.4) is 0 Å². The molecule has 2 aliphatic rings. The first-order chi connectivity index (χ1) is 10.2. The minimum absolute atomic E-state index is 0.0373. The van der Waals surface area contributed by atoms with Crippen molar-refractivity contribution in [3.05, 3.63) is 58.4 Å². The molecule has 4 rings (SSSR count). The lowest BCUT2D eigenvalue weighted by atomic mass is 10.1. The van der Waals surface area contributed by atoms with Gasteiger partial charge in [-0.2, -0.15) is 0 Å². The average Bonchev–Trinajstić information content (AvgIpc) is 3.36. The molecule has 0 amide bonds. The number of benzene rings is 1. The second kappa shape index (κ2) is 4.69. The molecule has 1 aromatic heterocycles. The van der Waals surface area contributed by atoms with Gasteiger partial charge in [-0.05, 0) is 37.0 Å². The van der Waals surface area contributed by atoms with Gasteiger partial charge in [0.1, 0.15) is 5.82 Å². The van der Waals surface area contributed by atoms with Crippen molar-refractivity contribution in [3.63, 3.8) is 0 Å². The third-order valence-electron chi connectivity index (χ3n) is 4.22. The third kappa shape index (κ3) is 2.44. The minimum Gasteiger partial charge on any atom is -0.362 e. The molecule has 1 N–H and O–H groups in total. The highest BCUT2D eigenvalue weighted by atomic mass is 19.1. The first kappa shape index (κ1) is 12.6.